The molecule has 1 aromatic heterocycles. The van der Waals surface area contributed by atoms with Gasteiger partial charge in [0.05, 0.1) is 12.2 Å². The van der Waals surface area contributed by atoms with Crippen molar-refractivity contribution in [3.63, 3.8) is 0 Å². The molecule has 7 nitrogen and oxygen atoms in total. The number of likely N-dealkylation sites (N-methyl/N-ethyl adjacent to an activating group) is 2. The Bertz CT molecular complexity index is 878. The van der Waals surface area contributed by atoms with Crippen molar-refractivity contribution in [3.8, 4) is 0 Å². The summed E-state index contributed by atoms with van der Waals surface area (Å²) in [6.45, 7) is 7.64. The molecule has 0 saturated carbocycles. The van der Waals surface area contributed by atoms with Crippen LogP contribution in [-0.4, -0.2) is 68.1 Å². The number of hydrogen-bond donors (Lipinski definition) is 1. The Morgan fingerprint density at radius 2 is 2.00 bits per heavy atom. The maximum atomic E-state index is 13.0. The highest BCUT2D eigenvalue weighted by Gasteiger charge is 2.21. The van der Waals surface area contributed by atoms with Crippen LogP contribution in [0.5, 0.6) is 0 Å². The van der Waals surface area contributed by atoms with E-state index in [4.69, 9.17) is 9.97 Å². The molecular formula is C24H36N6O. The van der Waals surface area contributed by atoms with E-state index < -0.39 is 0 Å². The summed E-state index contributed by atoms with van der Waals surface area (Å²) in [5.41, 5.74) is 3.05. The monoisotopic (exact) mass is 424 g/mol. The largest absolute Gasteiger partial charge is 0.363 e. The Labute approximate surface area is 186 Å². The maximum absolute atomic E-state index is 13.0. The third-order valence-corrected chi connectivity index (χ3v) is 5.67. The van der Waals surface area contributed by atoms with Crippen molar-refractivity contribution >= 4 is 17.4 Å². The van der Waals surface area contributed by atoms with E-state index in [0.717, 1.165) is 54.5 Å². The fourth-order valence-electron chi connectivity index (χ4n) is 4.02. The lowest BCUT2D eigenvalue weighted by molar-refractivity contribution is -0.119. The van der Waals surface area contributed by atoms with Gasteiger partial charge in [0.15, 0.2) is 0 Å². The minimum atomic E-state index is 0.0918. The lowest BCUT2D eigenvalue weighted by Gasteiger charge is -2.26. The molecule has 1 aliphatic rings. The molecule has 3 rings (SSSR count). The van der Waals surface area contributed by atoms with Gasteiger partial charge in [0, 0.05) is 51.4 Å². The second-order valence-electron chi connectivity index (χ2n) is 8.66. The molecule has 0 radical (unpaired) electrons. The molecule has 1 N–H and O–H groups in total. The highest BCUT2D eigenvalue weighted by Crippen LogP contribution is 2.23. The number of anilines is 2. The van der Waals surface area contributed by atoms with E-state index in [1.54, 1.807) is 0 Å². The first-order valence-corrected chi connectivity index (χ1v) is 11.2. The standard InChI is InChI=1S/C24H36N6O/c1-6-30(21-11-7-9-18(2)13-21)23(31)17-29(5)16-20-14-22(28(3)4)27-24(26-20)19-10-8-12-25-15-19/h7,9,11,13-14,19,25H,6,8,10,12,15-17H2,1-5H3/t19-/m1/s1. The van der Waals surface area contributed by atoms with E-state index in [2.05, 4.69) is 11.4 Å². The van der Waals surface area contributed by atoms with Gasteiger partial charge >= 0.3 is 0 Å². The summed E-state index contributed by atoms with van der Waals surface area (Å²) in [7, 11) is 5.98. The number of nitrogens with one attached hydrogen (secondary N) is 1. The second-order valence-corrected chi connectivity index (χ2v) is 8.66. The highest BCUT2D eigenvalue weighted by atomic mass is 16.2. The normalized spacial score (nSPS) is 16.4. The van der Waals surface area contributed by atoms with E-state index in [0.29, 0.717) is 25.6 Å². The van der Waals surface area contributed by atoms with Crippen molar-refractivity contribution < 1.29 is 4.79 Å². The summed E-state index contributed by atoms with van der Waals surface area (Å²) < 4.78 is 0. The maximum Gasteiger partial charge on any atom is 0.241 e. The first-order valence-electron chi connectivity index (χ1n) is 11.2. The van der Waals surface area contributed by atoms with Gasteiger partial charge in [0.1, 0.15) is 11.6 Å². The number of amides is 1. The zero-order valence-electron chi connectivity index (χ0n) is 19.6. The molecule has 0 aliphatic carbocycles. The number of nitrogens with zero attached hydrogens (tertiary/aromatic N) is 5. The minimum absolute atomic E-state index is 0.0918. The van der Waals surface area contributed by atoms with Gasteiger partial charge in [-0.1, -0.05) is 12.1 Å². The van der Waals surface area contributed by atoms with Gasteiger partial charge < -0.3 is 15.1 Å². The minimum Gasteiger partial charge on any atom is -0.363 e. The van der Waals surface area contributed by atoms with E-state index in [1.165, 1.54) is 0 Å². The Morgan fingerprint density at radius 3 is 2.65 bits per heavy atom. The molecule has 0 spiro atoms. The van der Waals surface area contributed by atoms with Crippen LogP contribution in [0.15, 0.2) is 30.3 Å². The summed E-state index contributed by atoms with van der Waals surface area (Å²) in [5, 5.41) is 3.45. The summed E-state index contributed by atoms with van der Waals surface area (Å²) >= 11 is 0. The van der Waals surface area contributed by atoms with Gasteiger partial charge in [-0.15, -0.1) is 0 Å². The number of carbonyl (C=O) groups excluding carboxylic acids is 1. The summed E-state index contributed by atoms with van der Waals surface area (Å²) in [5.74, 6) is 2.26. The molecule has 2 heterocycles. The summed E-state index contributed by atoms with van der Waals surface area (Å²) in [6, 6.07) is 10.1. The molecule has 1 atom stereocenters. The van der Waals surface area contributed by atoms with Crippen LogP contribution >= 0.6 is 0 Å². The number of aryl methyl sites for hydroxylation is 1. The molecule has 31 heavy (non-hydrogen) atoms. The molecule has 0 bridgehead atoms. The molecule has 168 valence electrons. The van der Waals surface area contributed by atoms with Crippen LogP contribution in [-0.2, 0) is 11.3 Å². The Balaban J connectivity index is 1.72. The number of benzene rings is 1. The molecule has 1 aromatic carbocycles. The number of carbonyl (C=O) groups is 1. The summed E-state index contributed by atoms with van der Waals surface area (Å²) in [6.07, 6.45) is 2.26. The Kier molecular flexibility index (Phi) is 7.98. The van der Waals surface area contributed by atoms with Crippen LogP contribution in [0.2, 0.25) is 0 Å². The first-order chi connectivity index (χ1) is 14.9. The highest BCUT2D eigenvalue weighted by molar-refractivity contribution is 5.94. The fraction of sp³-hybridized carbons (Fsp3) is 0.542. The fourth-order valence-corrected chi connectivity index (χ4v) is 4.02. The van der Waals surface area contributed by atoms with Gasteiger partial charge in [-0.2, -0.15) is 0 Å². The number of rotatable bonds is 8. The molecule has 1 fully saturated rings. The van der Waals surface area contributed by atoms with Crippen LogP contribution in [0.25, 0.3) is 0 Å². The zero-order chi connectivity index (χ0) is 22.4. The van der Waals surface area contributed by atoms with Crippen molar-refractivity contribution in [3.05, 3.63) is 47.4 Å². The zero-order valence-corrected chi connectivity index (χ0v) is 19.6. The quantitative estimate of drug-likeness (QED) is 0.703. The third kappa shape index (κ3) is 6.24. The molecule has 0 unspecified atom stereocenters. The number of aromatic nitrogens is 2. The van der Waals surface area contributed by atoms with Gasteiger partial charge in [-0.05, 0) is 58.0 Å². The van der Waals surface area contributed by atoms with Crippen molar-refractivity contribution in [2.45, 2.75) is 39.2 Å². The lowest BCUT2D eigenvalue weighted by atomic mass is 9.99. The van der Waals surface area contributed by atoms with Crippen molar-refractivity contribution in [2.75, 3.05) is 57.1 Å². The van der Waals surface area contributed by atoms with Crippen molar-refractivity contribution in [1.82, 2.24) is 20.2 Å². The van der Waals surface area contributed by atoms with E-state index in [1.807, 2.05) is 74.0 Å². The van der Waals surface area contributed by atoms with Crippen LogP contribution in [0.4, 0.5) is 11.5 Å². The molecule has 1 saturated heterocycles. The van der Waals surface area contributed by atoms with E-state index >= 15 is 0 Å². The number of hydrogen-bond acceptors (Lipinski definition) is 6. The van der Waals surface area contributed by atoms with E-state index in [-0.39, 0.29) is 5.91 Å². The van der Waals surface area contributed by atoms with Gasteiger partial charge in [0.2, 0.25) is 5.91 Å². The Hall–Kier alpha value is -2.51. The van der Waals surface area contributed by atoms with Crippen LogP contribution < -0.4 is 15.1 Å². The molecule has 2 aromatic rings. The van der Waals surface area contributed by atoms with Gasteiger partial charge in [0.25, 0.3) is 0 Å². The van der Waals surface area contributed by atoms with Gasteiger partial charge in [-0.25, -0.2) is 9.97 Å². The predicted molar refractivity (Wildman–Crippen MR) is 127 cm³/mol. The summed E-state index contributed by atoms with van der Waals surface area (Å²) in [4.78, 5) is 28.6. The lowest BCUT2D eigenvalue weighted by Crippen LogP contribution is -2.39. The van der Waals surface area contributed by atoms with Crippen LogP contribution in [0.1, 0.15) is 42.8 Å². The molecule has 7 heteroatoms. The van der Waals surface area contributed by atoms with Crippen LogP contribution in [0.3, 0.4) is 0 Å². The smallest absolute Gasteiger partial charge is 0.241 e. The molecule has 1 amide bonds. The van der Waals surface area contributed by atoms with Crippen LogP contribution in [0, 0.1) is 6.92 Å². The average Bonchev–Trinajstić information content (AvgIpc) is 2.74. The van der Waals surface area contributed by atoms with Crippen molar-refractivity contribution in [1.29, 1.82) is 0 Å². The molecular weight excluding hydrogens is 388 g/mol. The Morgan fingerprint density at radius 1 is 1.19 bits per heavy atom. The average molecular weight is 425 g/mol. The topological polar surface area (TPSA) is 64.6 Å². The predicted octanol–water partition coefficient (Wildman–Crippen LogP) is 2.80. The SMILES string of the molecule is CCN(C(=O)CN(C)Cc1cc(N(C)C)nc([C@@H]2CCCNC2)n1)c1cccc(C)c1. The second kappa shape index (κ2) is 10.7. The van der Waals surface area contributed by atoms with Crippen molar-refractivity contribution in [2.24, 2.45) is 0 Å². The molecule has 1 aliphatic heterocycles. The van der Waals surface area contributed by atoms with Gasteiger partial charge in [-0.3, -0.25) is 9.69 Å². The first kappa shape index (κ1) is 23.2. The van der Waals surface area contributed by atoms with E-state index in [9.17, 15) is 4.79 Å². The number of piperidine rings is 1. The third-order valence-electron chi connectivity index (χ3n) is 5.67.